The number of carbonyl (C=O) groups excluding carboxylic acids is 1. The normalized spacial score (nSPS) is 8.92. The summed E-state index contributed by atoms with van der Waals surface area (Å²) in [5.74, 6) is 2.71. The Hall–Kier alpha value is 0.290. The molecule has 0 aromatic carbocycles. The summed E-state index contributed by atoms with van der Waals surface area (Å²) < 4.78 is 4.74. The molecule has 13 heavy (non-hydrogen) atoms. The summed E-state index contributed by atoms with van der Waals surface area (Å²) in [5, 5.41) is 2.59. The topological polar surface area (TPSA) is 38.3 Å². The van der Waals surface area contributed by atoms with Crippen molar-refractivity contribution in [1.29, 1.82) is 0 Å². The summed E-state index contributed by atoms with van der Waals surface area (Å²) in [6.45, 7) is 2.71. The Morgan fingerprint density at radius 2 is 2.31 bits per heavy atom. The minimum Gasteiger partial charge on any atom is -0.356 e. The molecule has 0 aliphatic heterocycles. The van der Waals surface area contributed by atoms with Crippen molar-refractivity contribution < 1.29 is 9.53 Å². The van der Waals surface area contributed by atoms with Gasteiger partial charge in [-0.1, -0.05) is 58.5 Å². The second kappa shape index (κ2) is 8.87. The van der Waals surface area contributed by atoms with Crippen LogP contribution in [0.4, 0.5) is 4.79 Å². The summed E-state index contributed by atoms with van der Waals surface area (Å²) in [6, 6.07) is 0. The molecule has 0 rings (SSSR count). The Bertz CT molecular complexity index is 208. The summed E-state index contributed by atoms with van der Waals surface area (Å²) >= 11 is 4.25. The number of hydrogen-bond acceptors (Lipinski definition) is 2. The molecular weight excluding hydrogens is 396 g/mol. The molecule has 0 bridgehead atoms. The lowest BCUT2D eigenvalue weighted by molar-refractivity contribution is 0.191. The van der Waals surface area contributed by atoms with Crippen molar-refractivity contribution in [2.24, 2.45) is 0 Å². The van der Waals surface area contributed by atoms with Gasteiger partial charge in [0.2, 0.25) is 0 Å². The Morgan fingerprint density at radius 1 is 1.62 bits per heavy atom. The molecule has 0 saturated heterocycles. The molecule has 0 aromatic rings. The van der Waals surface area contributed by atoms with Gasteiger partial charge >= 0.3 is 6.09 Å². The number of alkyl halides is 2. The zero-order valence-electron chi connectivity index (χ0n) is 7.27. The fourth-order valence-corrected chi connectivity index (χ4v) is 0.778. The van der Waals surface area contributed by atoms with Crippen LogP contribution in [0.15, 0.2) is 0 Å². The molecule has 5 heteroatoms. The lowest BCUT2D eigenvalue weighted by Crippen LogP contribution is -2.23. The molecule has 0 aliphatic carbocycles. The van der Waals surface area contributed by atoms with E-state index >= 15 is 0 Å². The Balaban J connectivity index is 3.48. The van der Waals surface area contributed by atoms with Crippen LogP contribution in [0.25, 0.3) is 0 Å². The zero-order chi connectivity index (χ0) is 10.1. The van der Waals surface area contributed by atoms with E-state index in [1.54, 1.807) is 0 Å². The fraction of sp³-hybridized carbons (Fsp3) is 0.625. The number of nitrogens with one attached hydrogen (secondary N) is 1. The van der Waals surface area contributed by atoms with Gasteiger partial charge in [-0.05, 0) is 12.3 Å². The van der Waals surface area contributed by atoms with Crippen LogP contribution in [-0.4, -0.2) is 14.6 Å². The molecule has 0 heterocycles. The molecular formula is C8H11I2NO2. The highest BCUT2D eigenvalue weighted by Gasteiger charge is 1.97. The predicted molar refractivity (Wildman–Crippen MR) is 69.0 cm³/mol. The number of hydrogen-bond donors (Lipinski definition) is 1. The Kier molecular flexibility index (Phi) is 9.07. The number of carbonyl (C=O) groups is 1. The van der Waals surface area contributed by atoms with Gasteiger partial charge in [-0.3, -0.25) is 0 Å². The molecule has 74 valence electrons. The van der Waals surface area contributed by atoms with Crippen molar-refractivity contribution in [3.8, 4) is 12.0 Å². The van der Waals surface area contributed by atoms with Crippen molar-refractivity contribution in [2.45, 2.75) is 21.7 Å². The first-order chi connectivity index (χ1) is 6.16. The van der Waals surface area contributed by atoms with Crippen LogP contribution >= 0.6 is 45.2 Å². The quantitative estimate of drug-likeness (QED) is 0.338. The van der Waals surface area contributed by atoms with Crippen LogP contribution in [0, 0.1) is 12.0 Å². The third-order valence-corrected chi connectivity index (χ3v) is 1.73. The number of alkyl carbamates (subject to hydrolysis) is 1. The molecule has 0 saturated carbocycles. The second-order valence-corrected chi connectivity index (χ2v) is 7.09. The minimum atomic E-state index is -0.464. The summed E-state index contributed by atoms with van der Waals surface area (Å²) in [6.07, 6.45) is 3.88. The van der Waals surface area contributed by atoms with Crippen molar-refractivity contribution in [1.82, 2.24) is 5.32 Å². The van der Waals surface area contributed by atoms with E-state index in [9.17, 15) is 4.79 Å². The summed E-state index contributed by atoms with van der Waals surface area (Å²) in [5.41, 5.74) is 0. The molecule has 0 radical (unpaired) electrons. The average Bonchev–Trinajstić information content (AvgIpc) is 2.04. The van der Waals surface area contributed by atoms with E-state index in [4.69, 9.17) is 0 Å². The first-order valence-corrected chi connectivity index (χ1v) is 6.39. The molecule has 3 nitrogen and oxygen atoms in total. The Morgan fingerprint density at radius 3 is 2.85 bits per heavy atom. The van der Waals surface area contributed by atoms with E-state index in [1.165, 1.54) is 0 Å². The molecule has 0 spiro atoms. The maximum absolute atomic E-state index is 10.9. The maximum Gasteiger partial charge on any atom is 0.421 e. The predicted octanol–water partition coefficient (Wildman–Crippen LogP) is 2.67. The van der Waals surface area contributed by atoms with E-state index < -0.39 is 6.09 Å². The van der Waals surface area contributed by atoms with Crippen molar-refractivity contribution in [2.75, 3.05) is 6.54 Å². The average molecular weight is 407 g/mol. The van der Waals surface area contributed by atoms with E-state index in [2.05, 4.69) is 74.2 Å². The summed E-state index contributed by atoms with van der Waals surface area (Å²) in [4.78, 5) is 10.9. The number of halogens is 2. The van der Waals surface area contributed by atoms with Crippen molar-refractivity contribution >= 4 is 51.3 Å². The van der Waals surface area contributed by atoms with E-state index in [0.717, 1.165) is 12.8 Å². The first-order valence-electron chi connectivity index (χ1n) is 3.90. The Labute approximate surface area is 106 Å². The zero-order valence-corrected chi connectivity index (χ0v) is 11.6. The van der Waals surface area contributed by atoms with E-state index in [-0.39, 0.29) is 1.93 Å². The number of amides is 1. The minimum absolute atomic E-state index is 0.165. The van der Waals surface area contributed by atoms with Crippen LogP contribution in [0.1, 0.15) is 19.8 Å². The second-order valence-electron chi connectivity index (χ2n) is 2.22. The van der Waals surface area contributed by atoms with Crippen molar-refractivity contribution in [3.63, 3.8) is 0 Å². The first kappa shape index (κ1) is 13.3. The van der Waals surface area contributed by atoms with Gasteiger partial charge in [-0.25, -0.2) is 4.79 Å². The van der Waals surface area contributed by atoms with Gasteiger partial charge in [0.1, 0.15) is 8.04 Å². The third kappa shape index (κ3) is 10.2. The summed E-state index contributed by atoms with van der Waals surface area (Å²) in [7, 11) is 0. The van der Waals surface area contributed by atoms with Crippen LogP contribution in [0.5, 0.6) is 0 Å². The fourth-order valence-electron chi connectivity index (χ4n) is 0.524. The van der Waals surface area contributed by atoms with Crippen LogP contribution < -0.4 is 5.32 Å². The molecule has 1 amide bonds. The molecule has 0 unspecified atom stereocenters. The standard InChI is InChI=1S/C8H11I2NO2/c1-2-3-5-11-8(12)13-6-4-7(9)10/h7H,2-3,5H2,1H3,(H,11,12). The number of unbranched alkanes of at least 4 members (excludes halogenated alkanes) is 1. The largest absolute Gasteiger partial charge is 0.421 e. The van der Waals surface area contributed by atoms with Crippen LogP contribution in [0.3, 0.4) is 0 Å². The van der Waals surface area contributed by atoms with Gasteiger partial charge in [-0.15, -0.1) is 0 Å². The number of ether oxygens (including phenoxy) is 1. The number of rotatable bonds is 3. The molecule has 1 N–H and O–H groups in total. The third-order valence-electron chi connectivity index (χ3n) is 1.11. The lowest BCUT2D eigenvalue weighted by Gasteiger charge is -1.99. The highest BCUT2D eigenvalue weighted by molar-refractivity contribution is 14.2. The van der Waals surface area contributed by atoms with Gasteiger partial charge in [0.05, 0.1) is 0 Å². The SMILES string of the molecule is CCCCNC(=O)OC#CC(I)I. The lowest BCUT2D eigenvalue weighted by atomic mass is 10.3. The molecule has 0 aromatic heterocycles. The van der Waals surface area contributed by atoms with Gasteiger partial charge in [0, 0.05) is 6.54 Å². The smallest absolute Gasteiger partial charge is 0.356 e. The van der Waals surface area contributed by atoms with E-state index in [0.29, 0.717) is 6.54 Å². The van der Waals surface area contributed by atoms with Gasteiger partial charge in [0.15, 0.2) is 0 Å². The molecule has 0 atom stereocenters. The monoisotopic (exact) mass is 407 g/mol. The highest BCUT2D eigenvalue weighted by atomic mass is 127. The van der Waals surface area contributed by atoms with Crippen LogP contribution in [-0.2, 0) is 4.74 Å². The van der Waals surface area contributed by atoms with Crippen LogP contribution in [0.2, 0.25) is 0 Å². The molecule has 0 fully saturated rings. The molecule has 0 aliphatic rings. The van der Waals surface area contributed by atoms with Crippen molar-refractivity contribution in [3.05, 3.63) is 0 Å². The highest BCUT2D eigenvalue weighted by Crippen LogP contribution is 2.06. The van der Waals surface area contributed by atoms with Gasteiger partial charge < -0.3 is 10.1 Å². The van der Waals surface area contributed by atoms with Gasteiger partial charge in [-0.2, -0.15) is 0 Å². The maximum atomic E-state index is 10.9. The van der Waals surface area contributed by atoms with E-state index in [1.807, 2.05) is 0 Å². The van der Waals surface area contributed by atoms with Gasteiger partial charge in [0.25, 0.3) is 0 Å².